The first kappa shape index (κ1) is 9.02. The summed E-state index contributed by atoms with van der Waals surface area (Å²) in [6, 6.07) is 6.69. The van der Waals surface area contributed by atoms with Crippen LogP contribution in [0.25, 0.3) is 0 Å². The number of amides is 1. The second-order valence-electron chi connectivity index (χ2n) is 2.84. The number of carbonyl (C=O) groups excluding carboxylic acids is 1. The third kappa shape index (κ3) is 1.56. The molecular weight excluding hydrogens is 204 g/mol. The Morgan fingerprint density at radius 1 is 1.36 bits per heavy atom. The summed E-state index contributed by atoms with van der Waals surface area (Å²) in [7, 11) is 0. The van der Waals surface area contributed by atoms with E-state index in [1.54, 1.807) is 24.3 Å². The molecule has 0 spiro atoms. The minimum Gasteiger partial charge on any atom is -0.447 e. The number of benzene rings is 1. The first-order chi connectivity index (χ1) is 6.66. The van der Waals surface area contributed by atoms with Crippen LogP contribution in [0.2, 0.25) is 5.02 Å². The number of aliphatic imine (C=N–C) groups is 1. The highest BCUT2D eigenvalue weighted by molar-refractivity contribution is 6.30. The number of amidine groups is 1. The van der Waals surface area contributed by atoms with Gasteiger partial charge in [0, 0.05) is 10.6 Å². The quantitative estimate of drug-likeness (QED) is 0.759. The van der Waals surface area contributed by atoms with Gasteiger partial charge in [-0.25, -0.2) is 0 Å². The van der Waals surface area contributed by atoms with Crippen LogP contribution in [-0.2, 0) is 9.53 Å². The number of hydrogen-bond donors (Lipinski definition) is 1. The average Bonchev–Trinajstić information content (AvgIpc) is 2.47. The number of nitrogens with two attached hydrogens (primary N) is 1. The van der Waals surface area contributed by atoms with Crippen molar-refractivity contribution in [3.05, 3.63) is 34.9 Å². The number of carbonyl (C=O) groups is 1. The van der Waals surface area contributed by atoms with E-state index in [1.807, 2.05) is 0 Å². The van der Waals surface area contributed by atoms with Crippen molar-refractivity contribution in [3.8, 4) is 0 Å². The largest absolute Gasteiger partial charge is 0.447 e. The molecule has 14 heavy (non-hydrogen) atoms. The number of nitrogens with zero attached hydrogens (tertiary/aromatic N) is 1. The Bertz CT molecular complexity index is 400. The predicted octanol–water partition coefficient (Wildman–Crippen LogP) is 1.25. The molecule has 2 N–H and O–H groups in total. The van der Waals surface area contributed by atoms with Crippen molar-refractivity contribution < 1.29 is 9.53 Å². The molecule has 1 amide bonds. The molecule has 4 nitrogen and oxygen atoms in total. The molecule has 2 rings (SSSR count). The molecule has 1 atom stereocenters. The van der Waals surface area contributed by atoms with Crippen molar-refractivity contribution >= 4 is 23.5 Å². The highest BCUT2D eigenvalue weighted by atomic mass is 35.5. The smallest absolute Gasteiger partial charge is 0.296 e. The van der Waals surface area contributed by atoms with Crippen LogP contribution in [0.3, 0.4) is 0 Å². The molecule has 0 aliphatic carbocycles. The maximum atomic E-state index is 11.2. The van der Waals surface area contributed by atoms with E-state index >= 15 is 0 Å². The number of ether oxygens (including phenoxy) is 1. The van der Waals surface area contributed by atoms with E-state index in [-0.39, 0.29) is 11.9 Å². The van der Waals surface area contributed by atoms with Crippen molar-refractivity contribution in [3.63, 3.8) is 0 Å². The number of hydrogen-bond acceptors (Lipinski definition) is 3. The van der Waals surface area contributed by atoms with Crippen LogP contribution < -0.4 is 5.73 Å². The summed E-state index contributed by atoms with van der Waals surface area (Å²) < 4.78 is 5.03. The zero-order valence-electron chi connectivity index (χ0n) is 7.11. The highest BCUT2D eigenvalue weighted by Gasteiger charge is 2.28. The van der Waals surface area contributed by atoms with Gasteiger partial charge in [0.2, 0.25) is 6.10 Å². The first-order valence-corrected chi connectivity index (χ1v) is 4.35. The van der Waals surface area contributed by atoms with Crippen LogP contribution in [0, 0.1) is 0 Å². The van der Waals surface area contributed by atoms with E-state index in [0.717, 1.165) is 0 Å². The van der Waals surface area contributed by atoms with Crippen molar-refractivity contribution in [2.75, 3.05) is 0 Å². The molecule has 0 saturated heterocycles. The monoisotopic (exact) mass is 210 g/mol. The Balaban J connectivity index is 2.26. The van der Waals surface area contributed by atoms with Gasteiger partial charge in [-0.15, -0.1) is 0 Å². The number of halogens is 1. The van der Waals surface area contributed by atoms with Crippen molar-refractivity contribution in [2.45, 2.75) is 6.10 Å². The summed E-state index contributed by atoms with van der Waals surface area (Å²) in [5, 5.41) is 0.605. The van der Waals surface area contributed by atoms with Crippen LogP contribution in [-0.4, -0.2) is 11.9 Å². The zero-order valence-corrected chi connectivity index (χ0v) is 7.86. The molecule has 0 radical (unpaired) electrons. The summed E-state index contributed by atoms with van der Waals surface area (Å²) in [6.07, 6.45) is -0.715. The Labute approximate surface area is 85.3 Å². The molecule has 72 valence electrons. The van der Waals surface area contributed by atoms with Crippen LogP contribution in [0.15, 0.2) is 29.3 Å². The van der Waals surface area contributed by atoms with Gasteiger partial charge in [0.25, 0.3) is 11.9 Å². The van der Waals surface area contributed by atoms with E-state index in [2.05, 4.69) is 4.99 Å². The fourth-order valence-corrected chi connectivity index (χ4v) is 1.34. The molecule has 1 aliphatic rings. The lowest BCUT2D eigenvalue weighted by atomic mass is 10.1. The SMILES string of the molecule is NC1=NC(=O)C(c2ccc(Cl)cc2)O1. The molecule has 0 aromatic heterocycles. The van der Waals surface area contributed by atoms with Crippen molar-refractivity contribution in [2.24, 2.45) is 10.7 Å². The van der Waals surface area contributed by atoms with Gasteiger partial charge in [-0.1, -0.05) is 23.7 Å². The minimum absolute atomic E-state index is 0.0880. The van der Waals surface area contributed by atoms with E-state index in [9.17, 15) is 4.79 Å². The first-order valence-electron chi connectivity index (χ1n) is 3.97. The summed E-state index contributed by atoms with van der Waals surface area (Å²) in [6.45, 7) is 0. The van der Waals surface area contributed by atoms with Gasteiger partial charge in [-0.05, 0) is 12.1 Å². The topological polar surface area (TPSA) is 64.7 Å². The lowest BCUT2D eigenvalue weighted by Crippen LogP contribution is -2.13. The maximum Gasteiger partial charge on any atom is 0.296 e. The Morgan fingerprint density at radius 3 is 2.50 bits per heavy atom. The van der Waals surface area contributed by atoms with Crippen molar-refractivity contribution in [1.29, 1.82) is 0 Å². The molecule has 1 unspecified atom stereocenters. The summed E-state index contributed by atoms with van der Waals surface area (Å²) in [4.78, 5) is 14.7. The fourth-order valence-electron chi connectivity index (χ4n) is 1.21. The second kappa shape index (κ2) is 3.31. The van der Waals surface area contributed by atoms with Gasteiger partial charge in [0.05, 0.1) is 0 Å². The van der Waals surface area contributed by atoms with Gasteiger partial charge in [-0.2, -0.15) is 4.99 Å². The molecule has 0 fully saturated rings. The fraction of sp³-hybridized carbons (Fsp3) is 0.111. The van der Waals surface area contributed by atoms with Gasteiger partial charge in [0.15, 0.2) is 0 Å². The molecule has 1 aromatic rings. The van der Waals surface area contributed by atoms with Crippen LogP contribution in [0.4, 0.5) is 0 Å². The number of rotatable bonds is 1. The molecule has 5 heteroatoms. The summed E-state index contributed by atoms with van der Waals surface area (Å²) in [5.41, 5.74) is 5.96. The highest BCUT2D eigenvalue weighted by Crippen LogP contribution is 2.24. The lowest BCUT2D eigenvalue weighted by molar-refractivity contribution is -0.122. The molecule has 1 aliphatic heterocycles. The van der Waals surface area contributed by atoms with E-state index < -0.39 is 6.10 Å². The van der Waals surface area contributed by atoms with Crippen LogP contribution in [0.5, 0.6) is 0 Å². The third-order valence-electron chi connectivity index (χ3n) is 1.86. The van der Waals surface area contributed by atoms with E-state index in [0.29, 0.717) is 10.6 Å². The van der Waals surface area contributed by atoms with Crippen LogP contribution >= 0.6 is 11.6 Å². The van der Waals surface area contributed by atoms with E-state index in [1.165, 1.54) is 0 Å². The minimum atomic E-state index is -0.715. The van der Waals surface area contributed by atoms with Gasteiger partial charge in [0.1, 0.15) is 0 Å². The maximum absolute atomic E-state index is 11.2. The Hall–Kier alpha value is -1.55. The van der Waals surface area contributed by atoms with E-state index in [4.69, 9.17) is 22.1 Å². The Morgan fingerprint density at radius 2 is 2.00 bits per heavy atom. The normalized spacial score (nSPS) is 20.5. The lowest BCUT2D eigenvalue weighted by Gasteiger charge is -2.07. The zero-order chi connectivity index (χ0) is 10.1. The molecule has 1 heterocycles. The molecule has 0 bridgehead atoms. The standard InChI is InChI=1S/C9H7ClN2O2/c10-6-3-1-5(2-4-6)7-8(13)12-9(11)14-7/h1-4,7H,(H2,11,12,13). The van der Waals surface area contributed by atoms with Gasteiger partial charge in [-0.3, -0.25) is 4.79 Å². The molecule has 0 saturated carbocycles. The summed E-state index contributed by atoms with van der Waals surface area (Å²) >= 11 is 5.70. The van der Waals surface area contributed by atoms with Gasteiger partial charge >= 0.3 is 0 Å². The Kier molecular flexibility index (Phi) is 2.13. The van der Waals surface area contributed by atoms with Crippen LogP contribution in [0.1, 0.15) is 11.7 Å². The van der Waals surface area contributed by atoms with Crippen molar-refractivity contribution in [1.82, 2.24) is 0 Å². The molecule has 1 aromatic carbocycles. The summed E-state index contributed by atoms with van der Waals surface area (Å²) in [5.74, 6) is -0.384. The van der Waals surface area contributed by atoms with Gasteiger partial charge < -0.3 is 10.5 Å². The third-order valence-corrected chi connectivity index (χ3v) is 2.11. The average molecular weight is 211 g/mol. The predicted molar refractivity (Wildman–Crippen MR) is 51.9 cm³/mol. The second-order valence-corrected chi connectivity index (χ2v) is 3.27. The molecular formula is C9H7ClN2O2.